The molecule has 0 spiro atoms. The van der Waals surface area contributed by atoms with Gasteiger partial charge < -0.3 is 14.6 Å². The van der Waals surface area contributed by atoms with Crippen LogP contribution in [0.5, 0.6) is 5.75 Å². The summed E-state index contributed by atoms with van der Waals surface area (Å²) in [6, 6.07) is 4.67. The molecule has 3 aromatic rings. The Morgan fingerprint density at radius 1 is 1.31 bits per heavy atom. The summed E-state index contributed by atoms with van der Waals surface area (Å²) in [5.41, 5.74) is 1.83. The maximum atomic E-state index is 5.36. The van der Waals surface area contributed by atoms with Crippen molar-refractivity contribution < 1.29 is 4.74 Å². The second-order valence-corrected chi connectivity index (χ2v) is 7.90. The number of aryl methyl sites for hydroxylation is 1. The standard InChI is InChI=1S/C19H23N5OS/c1-12-17(25-3)8-15(9-21-12)26-10-13-6-14(7-13)24(2)19-16-4-5-20-18(16)22-11-23-19/h4-5,8-9,11,13-14H,6-7,10H2,1-3H3,(H,20,22,23). The van der Waals surface area contributed by atoms with E-state index in [1.54, 1.807) is 13.4 Å². The maximum Gasteiger partial charge on any atom is 0.142 e. The van der Waals surface area contributed by atoms with Gasteiger partial charge in [0, 0.05) is 36.1 Å². The molecule has 1 saturated carbocycles. The highest BCUT2D eigenvalue weighted by atomic mass is 32.2. The molecule has 1 fully saturated rings. The van der Waals surface area contributed by atoms with Gasteiger partial charge >= 0.3 is 0 Å². The Hall–Kier alpha value is -2.28. The largest absolute Gasteiger partial charge is 0.495 e. The number of pyridine rings is 1. The molecule has 3 heterocycles. The topological polar surface area (TPSA) is 66.9 Å². The maximum absolute atomic E-state index is 5.36. The Morgan fingerprint density at radius 3 is 2.96 bits per heavy atom. The Kier molecular flexibility index (Phi) is 4.72. The highest BCUT2D eigenvalue weighted by Crippen LogP contribution is 2.38. The van der Waals surface area contributed by atoms with E-state index < -0.39 is 0 Å². The number of hydrogen-bond donors (Lipinski definition) is 1. The molecule has 1 N–H and O–H groups in total. The minimum absolute atomic E-state index is 0.541. The predicted molar refractivity (Wildman–Crippen MR) is 105 cm³/mol. The van der Waals surface area contributed by atoms with Gasteiger partial charge in [-0.15, -0.1) is 11.8 Å². The van der Waals surface area contributed by atoms with Crippen LogP contribution in [0, 0.1) is 12.8 Å². The van der Waals surface area contributed by atoms with E-state index in [4.69, 9.17) is 4.74 Å². The normalized spacial score (nSPS) is 19.3. The summed E-state index contributed by atoms with van der Waals surface area (Å²) in [4.78, 5) is 19.8. The van der Waals surface area contributed by atoms with Crippen LogP contribution in [0.25, 0.3) is 11.0 Å². The number of nitrogens with one attached hydrogen (secondary N) is 1. The van der Waals surface area contributed by atoms with E-state index >= 15 is 0 Å². The average Bonchev–Trinajstić information content (AvgIpc) is 3.10. The molecular formula is C19H23N5OS. The Morgan fingerprint density at radius 2 is 2.15 bits per heavy atom. The minimum Gasteiger partial charge on any atom is -0.495 e. The molecule has 0 saturated heterocycles. The fraction of sp³-hybridized carbons (Fsp3) is 0.421. The van der Waals surface area contributed by atoms with Crippen LogP contribution < -0.4 is 9.64 Å². The van der Waals surface area contributed by atoms with Crippen LogP contribution in [-0.4, -0.2) is 45.9 Å². The van der Waals surface area contributed by atoms with E-state index in [2.05, 4.69) is 37.9 Å². The van der Waals surface area contributed by atoms with Gasteiger partial charge in [-0.05, 0) is 37.8 Å². The zero-order chi connectivity index (χ0) is 18.1. The number of fused-ring (bicyclic) bond motifs is 1. The van der Waals surface area contributed by atoms with Gasteiger partial charge in [-0.2, -0.15) is 0 Å². The van der Waals surface area contributed by atoms with Crippen LogP contribution in [-0.2, 0) is 0 Å². The van der Waals surface area contributed by atoms with Crippen molar-refractivity contribution in [3.63, 3.8) is 0 Å². The summed E-state index contributed by atoms with van der Waals surface area (Å²) < 4.78 is 5.36. The summed E-state index contributed by atoms with van der Waals surface area (Å²) in [7, 11) is 3.83. The van der Waals surface area contributed by atoms with E-state index in [0.717, 1.165) is 40.0 Å². The van der Waals surface area contributed by atoms with Crippen LogP contribution in [0.3, 0.4) is 0 Å². The highest BCUT2D eigenvalue weighted by molar-refractivity contribution is 7.99. The molecule has 6 nitrogen and oxygen atoms in total. The molecule has 0 unspecified atom stereocenters. The molecule has 0 amide bonds. The van der Waals surface area contributed by atoms with Crippen molar-refractivity contribution in [1.82, 2.24) is 19.9 Å². The van der Waals surface area contributed by atoms with Gasteiger partial charge in [0.15, 0.2) is 0 Å². The number of thioether (sulfide) groups is 1. The summed E-state index contributed by atoms with van der Waals surface area (Å²) in [5, 5.41) is 1.09. The van der Waals surface area contributed by atoms with Crippen molar-refractivity contribution in [1.29, 1.82) is 0 Å². The molecular weight excluding hydrogens is 346 g/mol. The van der Waals surface area contributed by atoms with Gasteiger partial charge in [0.05, 0.1) is 18.2 Å². The Labute approximate surface area is 157 Å². The summed E-state index contributed by atoms with van der Waals surface area (Å²) in [6.45, 7) is 1.97. The number of aromatic amines is 1. The van der Waals surface area contributed by atoms with Gasteiger partial charge in [-0.3, -0.25) is 4.98 Å². The number of rotatable bonds is 6. The van der Waals surface area contributed by atoms with Gasteiger partial charge in [0.2, 0.25) is 0 Å². The third-order valence-corrected chi connectivity index (χ3v) is 6.34. The highest BCUT2D eigenvalue weighted by Gasteiger charge is 2.33. The number of methoxy groups -OCH3 is 1. The fourth-order valence-corrected chi connectivity index (χ4v) is 4.48. The molecule has 0 aliphatic heterocycles. The molecule has 136 valence electrons. The van der Waals surface area contributed by atoms with Crippen molar-refractivity contribution in [3.8, 4) is 5.75 Å². The Bertz CT molecular complexity index is 906. The van der Waals surface area contributed by atoms with Crippen molar-refractivity contribution in [2.45, 2.75) is 30.7 Å². The van der Waals surface area contributed by atoms with Crippen LogP contribution in [0.4, 0.5) is 5.82 Å². The second kappa shape index (κ2) is 7.15. The van der Waals surface area contributed by atoms with E-state index in [0.29, 0.717) is 6.04 Å². The van der Waals surface area contributed by atoms with Gasteiger partial charge in [-0.25, -0.2) is 9.97 Å². The Balaban J connectivity index is 1.33. The predicted octanol–water partition coefficient (Wildman–Crippen LogP) is 3.68. The van der Waals surface area contributed by atoms with Crippen LogP contribution in [0.2, 0.25) is 0 Å². The first-order valence-corrected chi connectivity index (χ1v) is 9.78. The lowest BCUT2D eigenvalue weighted by atomic mass is 9.81. The molecule has 0 radical (unpaired) electrons. The molecule has 3 aromatic heterocycles. The molecule has 4 rings (SSSR count). The van der Waals surface area contributed by atoms with E-state index in [9.17, 15) is 0 Å². The summed E-state index contributed by atoms with van der Waals surface area (Å²) >= 11 is 1.86. The molecule has 0 bridgehead atoms. The van der Waals surface area contributed by atoms with Gasteiger partial charge in [0.25, 0.3) is 0 Å². The number of nitrogens with zero attached hydrogens (tertiary/aromatic N) is 4. The molecule has 7 heteroatoms. The molecule has 0 aromatic carbocycles. The monoisotopic (exact) mass is 369 g/mol. The smallest absolute Gasteiger partial charge is 0.142 e. The zero-order valence-electron chi connectivity index (χ0n) is 15.3. The van der Waals surface area contributed by atoms with Gasteiger partial charge in [-0.1, -0.05) is 0 Å². The average molecular weight is 369 g/mol. The molecule has 26 heavy (non-hydrogen) atoms. The lowest BCUT2D eigenvalue weighted by Crippen LogP contribution is -2.43. The summed E-state index contributed by atoms with van der Waals surface area (Å²) in [5.74, 6) is 3.71. The minimum atomic E-state index is 0.541. The van der Waals surface area contributed by atoms with Crippen molar-refractivity contribution in [2.75, 3.05) is 24.8 Å². The lowest BCUT2D eigenvalue weighted by molar-refractivity contribution is 0.286. The number of ether oxygens (including phenoxy) is 1. The van der Waals surface area contributed by atoms with Crippen LogP contribution in [0.1, 0.15) is 18.5 Å². The first kappa shape index (κ1) is 17.1. The first-order chi connectivity index (χ1) is 12.7. The van der Waals surface area contributed by atoms with E-state index in [1.165, 1.54) is 17.7 Å². The summed E-state index contributed by atoms with van der Waals surface area (Å²) in [6.07, 6.45) is 7.87. The first-order valence-electron chi connectivity index (χ1n) is 8.80. The van der Waals surface area contributed by atoms with Crippen LogP contribution >= 0.6 is 11.8 Å². The fourth-order valence-electron chi connectivity index (χ4n) is 3.46. The molecule has 0 atom stereocenters. The van der Waals surface area contributed by atoms with Crippen molar-refractivity contribution in [3.05, 3.63) is 36.5 Å². The molecule has 1 aliphatic rings. The van der Waals surface area contributed by atoms with Crippen molar-refractivity contribution in [2.24, 2.45) is 5.92 Å². The lowest BCUT2D eigenvalue weighted by Gasteiger charge is -2.41. The zero-order valence-corrected chi connectivity index (χ0v) is 16.1. The van der Waals surface area contributed by atoms with E-state index in [-0.39, 0.29) is 0 Å². The van der Waals surface area contributed by atoms with E-state index in [1.807, 2.05) is 37.1 Å². The number of anilines is 1. The third-order valence-electron chi connectivity index (χ3n) is 5.15. The quantitative estimate of drug-likeness (QED) is 0.669. The third kappa shape index (κ3) is 3.23. The van der Waals surface area contributed by atoms with Crippen molar-refractivity contribution >= 4 is 28.6 Å². The number of hydrogen-bond acceptors (Lipinski definition) is 6. The second-order valence-electron chi connectivity index (χ2n) is 6.81. The number of aromatic nitrogens is 4. The SMILES string of the molecule is COc1cc(SCC2CC(N(C)c3ncnc4[nH]ccc34)C2)cnc1C. The number of H-pyrrole nitrogens is 1. The van der Waals surface area contributed by atoms with Crippen LogP contribution in [0.15, 0.2) is 35.7 Å². The molecule has 1 aliphatic carbocycles. The van der Waals surface area contributed by atoms with Gasteiger partial charge in [0.1, 0.15) is 23.5 Å².